The number of aryl methyl sites for hydroxylation is 1. The van der Waals surface area contributed by atoms with E-state index in [-0.39, 0.29) is 23.8 Å². The van der Waals surface area contributed by atoms with Crippen LogP contribution in [0.4, 0.5) is 5.69 Å². The molecule has 1 saturated heterocycles. The highest BCUT2D eigenvalue weighted by Crippen LogP contribution is 2.27. The first-order valence-corrected chi connectivity index (χ1v) is 10.5. The van der Waals surface area contributed by atoms with Crippen molar-refractivity contribution in [3.63, 3.8) is 0 Å². The number of carbonyl (C=O) groups excluding carboxylic acids is 2. The average Bonchev–Trinajstić information content (AvgIpc) is 3.07. The average molecular weight is 402 g/mol. The highest BCUT2D eigenvalue weighted by molar-refractivity contribution is 7.89. The zero-order chi connectivity index (χ0) is 20.1. The summed E-state index contributed by atoms with van der Waals surface area (Å²) in [6.45, 7) is 0.448. The number of esters is 1. The SMILES string of the molecule is NS(=O)(=O)c1cccc(N2CC(C(=O)OCCCc3ccccc3)CC2=O)c1. The Morgan fingerprint density at radius 3 is 2.61 bits per heavy atom. The molecule has 0 spiro atoms. The van der Waals surface area contributed by atoms with E-state index in [9.17, 15) is 18.0 Å². The molecule has 2 aromatic carbocycles. The maximum absolute atomic E-state index is 12.3. The Bertz CT molecular complexity index is 960. The van der Waals surface area contributed by atoms with Gasteiger partial charge in [0.1, 0.15) is 0 Å². The van der Waals surface area contributed by atoms with Gasteiger partial charge >= 0.3 is 5.97 Å². The third kappa shape index (κ3) is 4.96. The lowest BCUT2D eigenvalue weighted by atomic mass is 10.1. The van der Waals surface area contributed by atoms with Crippen molar-refractivity contribution in [3.8, 4) is 0 Å². The molecule has 1 aliphatic heterocycles. The molecule has 2 N–H and O–H groups in total. The second-order valence-corrected chi connectivity index (χ2v) is 8.27. The maximum Gasteiger partial charge on any atom is 0.311 e. The predicted octanol–water partition coefficient (Wildman–Crippen LogP) is 1.86. The van der Waals surface area contributed by atoms with Gasteiger partial charge in [-0.05, 0) is 36.6 Å². The van der Waals surface area contributed by atoms with Gasteiger partial charge in [-0.25, -0.2) is 13.6 Å². The van der Waals surface area contributed by atoms with Gasteiger partial charge in [-0.1, -0.05) is 36.4 Å². The summed E-state index contributed by atoms with van der Waals surface area (Å²) >= 11 is 0. The molecule has 0 radical (unpaired) electrons. The first kappa shape index (κ1) is 20.0. The minimum Gasteiger partial charge on any atom is -0.465 e. The highest BCUT2D eigenvalue weighted by atomic mass is 32.2. The smallest absolute Gasteiger partial charge is 0.311 e. The van der Waals surface area contributed by atoms with Crippen molar-refractivity contribution >= 4 is 27.6 Å². The number of amides is 1. The van der Waals surface area contributed by atoms with Gasteiger partial charge < -0.3 is 9.64 Å². The number of benzene rings is 2. The van der Waals surface area contributed by atoms with Gasteiger partial charge in [0.05, 0.1) is 17.4 Å². The number of rotatable bonds is 7. The lowest BCUT2D eigenvalue weighted by molar-refractivity contribution is -0.148. The summed E-state index contributed by atoms with van der Waals surface area (Å²) in [7, 11) is -3.87. The fourth-order valence-corrected chi connectivity index (χ4v) is 3.71. The molecule has 28 heavy (non-hydrogen) atoms. The van der Waals surface area contributed by atoms with E-state index in [4.69, 9.17) is 9.88 Å². The van der Waals surface area contributed by atoms with E-state index in [2.05, 4.69) is 0 Å². The molecule has 1 amide bonds. The Hall–Kier alpha value is -2.71. The summed E-state index contributed by atoms with van der Waals surface area (Å²) in [6.07, 6.45) is 1.55. The first-order chi connectivity index (χ1) is 13.3. The van der Waals surface area contributed by atoms with E-state index in [0.717, 1.165) is 6.42 Å². The molecular formula is C20H22N2O5S. The summed E-state index contributed by atoms with van der Waals surface area (Å²) in [6, 6.07) is 15.7. The van der Waals surface area contributed by atoms with Crippen LogP contribution in [-0.4, -0.2) is 33.4 Å². The standard InChI is InChI=1S/C20H22N2O5S/c21-28(25,26)18-10-4-9-17(13-18)22-14-16(12-19(22)23)20(24)27-11-5-8-15-6-2-1-3-7-15/h1-4,6-7,9-10,13,16H,5,8,11-12,14H2,(H2,21,25,26). The van der Waals surface area contributed by atoms with Gasteiger partial charge in [0.15, 0.2) is 0 Å². The number of nitrogens with zero attached hydrogens (tertiary/aromatic N) is 1. The number of hydrogen-bond acceptors (Lipinski definition) is 5. The molecule has 148 valence electrons. The molecule has 1 unspecified atom stereocenters. The fourth-order valence-electron chi connectivity index (χ4n) is 3.15. The monoisotopic (exact) mass is 402 g/mol. The summed E-state index contributed by atoms with van der Waals surface area (Å²) < 4.78 is 28.3. The predicted molar refractivity (Wildman–Crippen MR) is 104 cm³/mol. The van der Waals surface area contributed by atoms with Crippen molar-refractivity contribution in [1.29, 1.82) is 0 Å². The molecule has 1 heterocycles. The second-order valence-electron chi connectivity index (χ2n) is 6.70. The second kappa shape index (κ2) is 8.53. The van der Waals surface area contributed by atoms with Crippen LogP contribution >= 0.6 is 0 Å². The zero-order valence-electron chi connectivity index (χ0n) is 15.3. The largest absolute Gasteiger partial charge is 0.465 e. The summed E-state index contributed by atoms with van der Waals surface area (Å²) in [5.41, 5.74) is 1.58. The van der Waals surface area contributed by atoms with E-state index >= 15 is 0 Å². The maximum atomic E-state index is 12.3. The summed E-state index contributed by atoms with van der Waals surface area (Å²) in [5.74, 6) is -1.23. The minimum atomic E-state index is -3.87. The van der Waals surface area contributed by atoms with Crippen LogP contribution in [0.25, 0.3) is 0 Å². The normalized spacial score (nSPS) is 17.0. The molecule has 0 aliphatic carbocycles. The quantitative estimate of drug-likeness (QED) is 0.562. The van der Waals surface area contributed by atoms with Gasteiger partial charge in [-0.2, -0.15) is 0 Å². The van der Waals surface area contributed by atoms with Crippen LogP contribution in [0, 0.1) is 5.92 Å². The number of ether oxygens (including phenoxy) is 1. The molecule has 3 rings (SSSR count). The number of nitrogens with two attached hydrogens (primary N) is 1. The summed E-state index contributed by atoms with van der Waals surface area (Å²) in [5, 5.41) is 5.14. The topological polar surface area (TPSA) is 107 Å². The molecule has 8 heteroatoms. The lowest BCUT2D eigenvalue weighted by Crippen LogP contribution is -2.27. The zero-order valence-corrected chi connectivity index (χ0v) is 16.1. The van der Waals surface area contributed by atoms with Crippen molar-refractivity contribution in [2.45, 2.75) is 24.2 Å². The Balaban J connectivity index is 1.54. The minimum absolute atomic E-state index is 0.0388. The van der Waals surface area contributed by atoms with E-state index in [1.807, 2.05) is 30.3 Å². The number of hydrogen-bond donors (Lipinski definition) is 1. The summed E-state index contributed by atoms with van der Waals surface area (Å²) in [4.78, 5) is 25.9. The Morgan fingerprint density at radius 1 is 1.14 bits per heavy atom. The lowest BCUT2D eigenvalue weighted by Gasteiger charge is -2.17. The molecule has 1 atom stereocenters. The van der Waals surface area contributed by atoms with Crippen LogP contribution in [0.3, 0.4) is 0 Å². The Morgan fingerprint density at radius 2 is 1.89 bits per heavy atom. The van der Waals surface area contributed by atoms with Gasteiger partial charge in [0.25, 0.3) is 0 Å². The van der Waals surface area contributed by atoms with Gasteiger partial charge in [-0.15, -0.1) is 0 Å². The first-order valence-electron chi connectivity index (χ1n) is 8.98. The van der Waals surface area contributed by atoms with Crippen LogP contribution in [0.5, 0.6) is 0 Å². The van der Waals surface area contributed by atoms with Gasteiger partial charge in [0, 0.05) is 18.7 Å². The third-order valence-corrected chi connectivity index (χ3v) is 5.52. The van der Waals surface area contributed by atoms with Gasteiger partial charge in [-0.3, -0.25) is 9.59 Å². The van der Waals surface area contributed by atoms with Crippen LogP contribution in [0.2, 0.25) is 0 Å². The molecule has 0 saturated carbocycles. The van der Waals surface area contributed by atoms with Crippen molar-refractivity contribution in [1.82, 2.24) is 0 Å². The number of sulfonamides is 1. The van der Waals surface area contributed by atoms with E-state index in [0.29, 0.717) is 18.7 Å². The Kier molecular flexibility index (Phi) is 6.11. The van der Waals surface area contributed by atoms with E-state index in [1.54, 1.807) is 6.07 Å². The van der Waals surface area contributed by atoms with Crippen molar-refractivity contribution in [2.24, 2.45) is 11.1 Å². The highest BCUT2D eigenvalue weighted by Gasteiger charge is 2.36. The van der Waals surface area contributed by atoms with Crippen LogP contribution in [-0.2, 0) is 30.8 Å². The number of primary sulfonamides is 1. The van der Waals surface area contributed by atoms with Crippen LogP contribution < -0.4 is 10.0 Å². The van der Waals surface area contributed by atoms with Gasteiger partial charge in [0.2, 0.25) is 15.9 Å². The molecule has 0 aromatic heterocycles. The molecule has 1 aliphatic rings. The fraction of sp³-hybridized carbons (Fsp3) is 0.300. The molecule has 2 aromatic rings. The molecule has 1 fully saturated rings. The van der Waals surface area contributed by atoms with Crippen LogP contribution in [0.15, 0.2) is 59.5 Å². The number of anilines is 1. The van der Waals surface area contributed by atoms with Crippen molar-refractivity contribution in [2.75, 3.05) is 18.1 Å². The molecule has 0 bridgehead atoms. The van der Waals surface area contributed by atoms with E-state index < -0.39 is 21.9 Å². The Labute approximate surface area is 164 Å². The molecule has 7 nitrogen and oxygen atoms in total. The van der Waals surface area contributed by atoms with Crippen molar-refractivity contribution < 1.29 is 22.7 Å². The molecular weight excluding hydrogens is 380 g/mol. The number of carbonyl (C=O) groups is 2. The van der Waals surface area contributed by atoms with Crippen LogP contribution in [0.1, 0.15) is 18.4 Å². The van der Waals surface area contributed by atoms with E-state index in [1.165, 1.54) is 28.7 Å². The third-order valence-electron chi connectivity index (χ3n) is 4.61. The van der Waals surface area contributed by atoms with Crippen molar-refractivity contribution in [3.05, 3.63) is 60.2 Å².